The Kier molecular flexibility index (Phi) is 5.90. The molecule has 0 aromatic heterocycles. The zero-order valence-corrected chi connectivity index (χ0v) is 14.3. The lowest BCUT2D eigenvalue weighted by Gasteiger charge is -2.24. The van der Waals surface area contributed by atoms with Crippen LogP contribution in [-0.4, -0.2) is 11.4 Å². The van der Waals surface area contributed by atoms with Crippen LogP contribution in [-0.2, 0) is 9.53 Å². The molecule has 0 saturated heterocycles. The summed E-state index contributed by atoms with van der Waals surface area (Å²) in [5, 5.41) is 10.8. The number of hydrogen-bond acceptors (Lipinski definition) is 4. The maximum absolute atomic E-state index is 10.9. The highest BCUT2D eigenvalue weighted by atomic mass is 16.6. The summed E-state index contributed by atoms with van der Waals surface area (Å²) in [7, 11) is 0. The molecule has 128 valence electrons. The lowest BCUT2D eigenvalue weighted by atomic mass is 9.83. The zero-order valence-electron chi connectivity index (χ0n) is 14.3. The van der Waals surface area contributed by atoms with E-state index in [0.717, 1.165) is 18.4 Å². The highest BCUT2D eigenvalue weighted by Crippen LogP contribution is 2.34. The topological polar surface area (TPSA) is 69.4 Å². The number of rotatable bonds is 6. The number of nitrogens with zero attached hydrogens (tertiary/aromatic N) is 1. The predicted molar refractivity (Wildman–Crippen MR) is 92.5 cm³/mol. The maximum Gasteiger partial charge on any atom is 0.293 e. The summed E-state index contributed by atoms with van der Waals surface area (Å²) in [5.74, 6) is 0.396. The molecule has 0 spiro atoms. The van der Waals surface area contributed by atoms with Crippen LogP contribution >= 0.6 is 0 Å². The fourth-order valence-electron chi connectivity index (χ4n) is 3.30. The number of ether oxygens (including phenoxy) is 1. The third-order valence-corrected chi connectivity index (χ3v) is 4.61. The molecule has 1 unspecified atom stereocenters. The molecule has 24 heavy (non-hydrogen) atoms. The molecule has 0 saturated carbocycles. The van der Waals surface area contributed by atoms with Crippen molar-refractivity contribution in [3.63, 3.8) is 0 Å². The van der Waals surface area contributed by atoms with Crippen molar-refractivity contribution >= 4 is 12.2 Å². The highest BCUT2D eigenvalue weighted by Gasteiger charge is 2.20. The average molecular weight is 329 g/mol. The number of allylic oxidation sites excluding steroid dienone is 3. The van der Waals surface area contributed by atoms with E-state index in [0.29, 0.717) is 18.8 Å². The first-order chi connectivity index (χ1) is 11.4. The second-order valence-corrected chi connectivity index (χ2v) is 6.38. The second kappa shape index (κ2) is 7.90. The molecule has 0 bridgehead atoms. The van der Waals surface area contributed by atoms with E-state index in [1.165, 1.54) is 28.9 Å². The molecule has 1 aliphatic carbocycles. The Morgan fingerprint density at radius 2 is 2.04 bits per heavy atom. The Hall–Kier alpha value is -2.43. The quantitative estimate of drug-likeness (QED) is 0.322. The lowest BCUT2D eigenvalue weighted by Crippen LogP contribution is -2.10. The molecule has 0 radical (unpaired) electrons. The summed E-state index contributed by atoms with van der Waals surface area (Å²) >= 11 is 0. The first-order valence-electron chi connectivity index (χ1n) is 8.11. The van der Waals surface area contributed by atoms with Crippen molar-refractivity contribution in [2.75, 3.05) is 0 Å². The molecule has 2 atom stereocenters. The minimum Gasteiger partial charge on any atom is -0.459 e. The molecule has 1 aromatic rings. The maximum atomic E-state index is 10.9. The number of nitro benzene ring substituents is 1. The van der Waals surface area contributed by atoms with Gasteiger partial charge in [0.2, 0.25) is 0 Å². The first-order valence-corrected chi connectivity index (χ1v) is 8.11. The van der Waals surface area contributed by atoms with Crippen molar-refractivity contribution in [3.8, 4) is 0 Å². The van der Waals surface area contributed by atoms with Gasteiger partial charge in [0.25, 0.3) is 12.2 Å². The monoisotopic (exact) mass is 329 g/mol. The molecule has 0 amide bonds. The van der Waals surface area contributed by atoms with Crippen LogP contribution in [0.3, 0.4) is 0 Å². The molecule has 1 aliphatic rings. The minimum absolute atomic E-state index is 0.0280. The van der Waals surface area contributed by atoms with Gasteiger partial charge in [-0.25, -0.2) is 0 Å². The Bertz CT molecular complexity index is 673. The number of carbonyl (C=O) groups excluding carboxylic acids is 1. The van der Waals surface area contributed by atoms with E-state index < -0.39 is 11.0 Å². The summed E-state index contributed by atoms with van der Waals surface area (Å²) in [5.41, 5.74) is 4.82. The third kappa shape index (κ3) is 4.31. The van der Waals surface area contributed by atoms with E-state index in [1.807, 2.05) is 0 Å². The number of benzene rings is 1. The van der Waals surface area contributed by atoms with Crippen LogP contribution in [0.5, 0.6) is 0 Å². The molecule has 1 aromatic carbocycles. The van der Waals surface area contributed by atoms with Crippen molar-refractivity contribution in [2.24, 2.45) is 5.92 Å². The summed E-state index contributed by atoms with van der Waals surface area (Å²) in [6.07, 6.45) is 4.55. The van der Waals surface area contributed by atoms with Crippen LogP contribution in [0.4, 0.5) is 5.69 Å². The first kappa shape index (κ1) is 17.9. The van der Waals surface area contributed by atoms with Gasteiger partial charge in [-0.15, -0.1) is 0 Å². The highest BCUT2D eigenvalue weighted by molar-refractivity contribution is 5.41. The van der Waals surface area contributed by atoms with Crippen LogP contribution in [0.2, 0.25) is 0 Å². The number of carbonyl (C=O) groups is 1. The van der Waals surface area contributed by atoms with Crippen molar-refractivity contribution in [1.82, 2.24) is 0 Å². The lowest BCUT2D eigenvalue weighted by molar-refractivity contribution is -0.384. The Morgan fingerprint density at radius 1 is 1.38 bits per heavy atom. The van der Waals surface area contributed by atoms with E-state index in [2.05, 4.69) is 26.8 Å². The van der Waals surface area contributed by atoms with E-state index in [1.54, 1.807) is 12.1 Å². The SMILES string of the molecule is CC1=C[C@@H](C)/C(=C(\C)CC(OC=O)c2ccc([N+](=O)[O-])cc2)CC1. The molecular formula is C19H23NO4. The molecule has 0 heterocycles. The van der Waals surface area contributed by atoms with Crippen LogP contribution in [0, 0.1) is 16.0 Å². The average Bonchev–Trinajstić information content (AvgIpc) is 2.54. The third-order valence-electron chi connectivity index (χ3n) is 4.61. The van der Waals surface area contributed by atoms with Crippen LogP contribution in [0.25, 0.3) is 0 Å². The van der Waals surface area contributed by atoms with E-state index in [-0.39, 0.29) is 5.69 Å². The molecule has 0 aliphatic heterocycles. The van der Waals surface area contributed by atoms with Gasteiger partial charge in [0, 0.05) is 18.6 Å². The standard InChI is InChI=1S/C19H23NO4/c1-13-4-9-18(14(2)10-13)15(3)11-19(24-12-21)16-5-7-17(8-6-16)20(22)23/h5-8,10,12,14,19H,4,9,11H2,1-3H3/b18-15+/t14-,19?/m1/s1. The summed E-state index contributed by atoms with van der Waals surface area (Å²) in [6, 6.07) is 6.18. The van der Waals surface area contributed by atoms with Gasteiger partial charge >= 0.3 is 0 Å². The molecule has 2 rings (SSSR count). The largest absolute Gasteiger partial charge is 0.459 e. The Balaban J connectivity index is 2.22. The van der Waals surface area contributed by atoms with Gasteiger partial charge in [0.05, 0.1) is 4.92 Å². The second-order valence-electron chi connectivity index (χ2n) is 6.38. The fourth-order valence-corrected chi connectivity index (χ4v) is 3.30. The normalized spacial score (nSPS) is 20.8. The summed E-state index contributed by atoms with van der Waals surface area (Å²) in [4.78, 5) is 21.2. The molecule has 0 N–H and O–H groups in total. The number of nitro groups is 1. The minimum atomic E-state index is -0.440. The summed E-state index contributed by atoms with van der Waals surface area (Å²) < 4.78 is 5.25. The van der Waals surface area contributed by atoms with Gasteiger partial charge in [-0.2, -0.15) is 0 Å². The van der Waals surface area contributed by atoms with E-state index in [9.17, 15) is 14.9 Å². The van der Waals surface area contributed by atoms with Gasteiger partial charge in [-0.3, -0.25) is 14.9 Å². The zero-order chi connectivity index (χ0) is 17.7. The van der Waals surface area contributed by atoms with Gasteiger partial charge in [0.1, 0.15) is 6.10 Å². The van der Waals surface area contributed by atoms with Crippen LogP contribution in [0.15, 0.2) is 47.1 Å². The number of non-ortho nitro benzene ring substituents is 1. The van der Waals surface area contributed by atoms with E-state index in [4.69, 9.17) is 4.74 Å². The predicted octanol–water partition coefficient (Wildman–Crippen LogP) is 4.89. The van der Waals surface area contributed by atoms with Gasteiger partial charge < -0.3 is 4.74 Å². The van der Waals surface area contributed by atoms with Crippen LogP contribution < -0.4 is 0 Å². The van der Waals surface area contributed by atoms with Crippen molar-refractivity contribution in [1.29, 1.82) is 0 Å². The van der Waals surface area contributed by atoms with E-state index >= 15 is 0 Å². The number of hydrogen-bond donors (Lipinski definition) is 0. The van der Waals surface area contributed by atoms with Gasteiger partial charge in [-0.1, -0.05) is 29.7 Å². The van der Waals surface area contributed by atoms with Gasteiger partial charge in [0.15, 0.2) is 0 Å². The Morgan fingerprint density at radius 3 is 2.58 bits per heavy atom. The van der Waals surface area contributed by atoms with Crippen molar-refractivity contribution in [2.45, 2.75) is 46.1 Å². The molecule has 5 nitrogen and oxygen atoms in total. The van der Waals surface area contributed by atoms with Crippen molar-refractivity contribution < 1.29 is 14.5 Å². The molecule has 5 heteroatoms. The Labute approximate surface area is 142 Å². The fraction of sp³-hybridized carbons (Fsp3) is 0.421. The van der Waals surface area contributed by atoms with Gasteiger partial charge in [-0.05, 0) is 50.3 Å². The van der Waals surface area contributed by atoms with Crippen molar-refractivity contribution in [3.05, 3.63) is 62.7 Å². The summed E-state index contributed by atoms with van der Waals surface area (Å²) in [6.45, 7) is 6.85. The smallest absolute Gasteiger partial charge is 0.293 e. The molecule has 0 fully saturated rings. The van der Waals surface area contributed by atoms with Crippen LogP contribution in [0.1, 0.15) is 51.7 Å². The molecular weight excluding hydrogens is 306 g/mol.